The minimum Gasteiger partial charge on any atom is -0.402 e. The van der Waals surface area contributed by atoms with Gasteiger partial charge in [-0.05, 0) is 0 Å². The maximum absolute atomic E-state index is 12.1. The van der Waals surface area contributed by atoms with Crippen LogP contribution in [0.4, 0.5) is 18.9 Å². The molecular weight excluding hydrogens is 225 g/mol. The second-order valence-electron chi connectivity index (χ2n) is 2.73. The standard InChI is InChI=1S/C8H7F3N4O/c9-8(10,11)16-7-4(1-12)5(14)3-15-6(7)2-13/h3H,2,13-14H2. The van der Waals surface area contributed by atoms with Crippen molar-refractivity contribution in [3.63, 3.8) is 0 Å². The molecule has 1 aromatic heterocycles. The maximum Gasteiger partial charge on any atom is 0.573 e. The summed E-state index contributed by atoms with van der Waals surface area (Å²) in [5.41, 5.74) is 9.69. The minimum absolute atomic E-state index is 0.178. The number of anilines is 1. The third kappa shape index (κ3) is 2.52. The van der Waals surface area contributed by atoms with Crippen molar-refractivity contribution in [1.29, 1.82) is 5.26 Å². The zero-order valence-corrected chi connectivity index (χ0v) is 7.88. The fourth-order valence-corrected chi connectivity index (χ4v) is 1.03. The molecule has 4 N–H and O–H groups in total. The average Bonchev–Trinajstić information content (AvgIpc) is 2.16. The molecule has 16 heavy (non-hydrogen) atoms. The number of halogens is 3. The molecule has 0 atom stereocenters. The van der Waals surface area contributed by atoms with E-state index in [2.05, 4.69) is 9.72 Å². The summed E-state index contributed by atoms with van der Waals surface area (Å²) in [7, 11) is 0. The molecule has 1 rings (SSSR count). The van der Waals surface area contributed by atoms with Gasteiger partial charge in [0.15, 0.2) is 5.75 Å². The van der Waals surface area contributed by atoms with Gasteiger partial charge in [0.1, 0.15) is 11.6 Å². The molecular formula is C8H7F3N4O. The number of aromatic nitrogens is 1. The largest absolute Gasteiger partial charge is 0.573 e. The van der Waals surface area contributed by atoms with Crippen molar-refractivity contribution >= 4 is 5.69 Å². The van der Waals surface area contributed by atoms with Crippen molar-refractivity contribution in [3.8, 4) is 11.8 Å². The molecule has 0 fully saturated rings. The number of hydrogen-bond donors (Lipinski definition) is 2. The van der Waals surface area contributed by atoms with Gasteiger partial charge >= 0.3 is 6.36 Å². The summed E-state index contributed by atoms with van der Waals surface area (Å²) in [6.07, 6.45) is -3.87. The second-order valence-corrected chi connectivity index (χ2v) is 2.73. The Kier molecular flexibility index (Phi) is 3.20. The number of pyridine rings is 1. The SMILES string of the molecule is N#Cc1c(N)cnc(CN)c1OC(F)(F)F. The lowest BCUT2D eigenvalue weighted by atomic mass is 10.2. The predicted molar refractivity (Wildman–Crippen MR) is 47.9 cm³/mol. The number of nitrogens with zero attached hydrogens (tertiary/aromatic N) is 2. The van der Waals surface area contributed by atoms with Crippen LogP contribution in [-0.2, 0) is 6.54 Å². The van der Waals surface area contributed by atoms with E-state index in [1.54, 1.807) is 0 Å². The number of hydrogen-bond acceptors (Lipinski definition) is 5. The van der Waals surface area contributed by atoms with Crippen molar-refractivity contribution < 1.29 is 17.9 Å². The Bertz CT molecular complexity index is 438. The van der Waals surface area contributed by atoms with Crippen LogP contribution in [0.2, 0.25) is 0 Å². The molecule has 5 nitrogen and oxygen atoms in total. The quantitative estimate of drug-likeness (QED) is 0.789. The molecule has 0 aliphatic carbocycles. The fourth-order valence-electron chi connectivity index (χ4n) is 1.03. The molecule has 8 heteroatoms. The Morgan fingerprint density at radius 2 is 2.12 bits per heavy atom. The number of nitriles is 1. The van der Waals surface area contributed by atoms with E-state index < -0.39 is 17.7 Å². The van der Waals surface area contributed by atoms with E-state index in [1.165, 1.54) is 6.07 Å². The number of nitrogen functional groups attached to an aromatic ring is 1. The topological polar surface area (TPSA) is 98.0 Å². The molecule has 1 aromatic rings. The van der Waals surface area contributed by atoms with Gasteiger partial charge in [-0.3, -0.25) is 4.98 Å². The highest BCUT2D eigenvalue weighted by molar-refractivity contribution is 5.61. The molecule has 0 saturated heterocycles. The summed E-state index contributed by atoms with van der Waals surface area (Å²) in [5, 5.41) is 8.67. The van der Waals surface area contributed by atoms with Gasteiger partial charge in [-0.15, -0.1) is 13.2 Å². The molecule has 0 aromatic carbocycles. The van der Waals surface area contributed by atoms with Crippen molar-refractivity contribution in [2.75, 3.05) is 5.73 Å². The van der Waals surface area contributed by atoms with Crippen LogP contribution < -0.4 is 16.2 Å². The fraction of sp³-hybridized carbons (Fsp3) is 0.250. The minimum atomic E-state index is -4.93. The summed E-state index contributed by atoms with van der Waals surface area (Å²) in [5.74, 6) is -0.738. The van der Waals surface area contributed by atoms with E-state index in [-0.39, 0.29) is 17.9 Å². The highest BCUT2D eigenvalue weighted by Gasteiger charge is 2.34. The normalized spacial score (nSPS) is 10.9. The van der Waals surface area contributed by atoms with Crippen LogP contribution in [0.25, 0.3) is 0 Å². The van der Waals surface area contributed by atoms with Crippen LogP contribution in [-0.4, -0.2) is 11.3 Å². The van der Waals surface area contributed by atoms with Crippen LogP contribution in [0.1, 0.15) is 11.3 Å². The van der Waals surface area contributed by atoms with Gasteiger partial charge in [-0.25, -0.2) is 0 Å². The molecule has 0 spiro atoms. The van der Waals surface area contributed by atoms with Crippen LogP contribution in [0.15, 0.2) is 6.20 Å². The van der Waals surface area contributed by atoms with Gasteiger partial charge in [0.2, 0.25) is 0 Å². The average molecular weight is 232 g/mol. The zero-order valence-electron chi connectivity index (χ0n) is 7.88. The smallest absolute Gasteiger partial charge is 0.402 e. The third-order valence-corrected chi connectivity index (χ3v) is 1.66. The summed E-state index contributed by atoms with van der Waals surface area (Å²) in [6.45, 7) is -0.291. The van der Waals surface area contributed by atoms with Crippen LogP contribution >= 0.6 is 0 Å². The summed E-state index contributed by atoms with van der Waals surface area (Å²) in [4.78, 5) is 3.56. The molecule has 0 radical (unpaired) electrons. The first-order valence-corrected chi connectivity index (χ1v) is 4.02. The first-order chi connectivity index (χ1) is 7.39. The predicted octanol–water partition coefficient (Wildman–Crippen LogP) is 0.893. The van der Waals surface area contributed by atoms with Crippen molar-refractivity contribution in [2.24, 2.45) is 5.73 Å². The Hall–Kier alpha value is -2.01. The lowest BCUT2D eigenvalue weighted by Crippen LogP contribution is -2.20. The Labute approximate surface area is 88.4 Å². The molecule has 86 valence electrons. The van der Waals surface area contributed by atoms with Gasteiger partial charge in [0.25, 0.3) is 0 Å². The van der Waals surface area contributed by atoms with Crippen LogP contribution in [0.3, 0.4) is 0 Å². The highest BCUT2D eigenvalue weighted by atomic mass is 19.4. The van der Waals surface area contributed by atoms with Gasteiger partial charge in [0, 0.05) is 6.54 Å². The van der Waals surface area contributed by atoms with Crippen LogP contribution in [0.5, 0.6) is 5.75 Å². The highest BCUT2D eigenvalue weighted by Crippen LogP contribution is 2.31. The second kappa shape index (κ2) is 4.24. The Morgan fingerprint density at radius 1 is 1.50 bits per heavy atom. The monoisotopic (exact) mass is 232 g/mol. The van der Waals surface area contributed by atoms with E-state index in [1.807, 2.05) is 0 Å². The Balaban J connectivity index is 3.33. The molecule has 0 bridgehead atoms. The number of alkyl halides is 3. The van der Waals surface area contributed by atoms with Crippen molar-refractivity contribution in [3.05, 3.63) is 17.5 Å². The zero-order chi connectivity index (χ0) is 12.3. The number of ether oxygens (including phenoxy) is 1. The summed E-state index contributed by atoms with van der Waals surface area (Å²) in [6, 6.07) is 1.52. The Morgan fingerprint density at radius 3 is 2.56 bits per heavy atom. The van der Waals surface area contributed by atoms with Gasteiger partial charge in [0.05, 0.1) is 17.6 Å². The summed E-state index contributed by atoms with van der Waals surface area (Å²) >= 11 is 0. The molecule has 0 unspecified atom stereocenters. The van der Waals surface area contributed by atoms with E-state index in [0.29, 0.717) is 0 Å². The first-order valence-electron chi connectivity index (χ1n) is 4.02. The van der Waals surface area contributed by atoms with Crippen molar-refractivity contribution in [2.45, 2.75) is 12.9 Å². The van der Waals surface area contributed by atoms with E-state index in [9.17, 15) is 13.2 Å². The van der Waals surface area contributed by atoms with Crippen molar-refractivity contribution in [1.82, 2.24) is 4.98 Å². The third-order valence-electron chi connectivity index (χ3n) is 1.66. The first kappa shape index (κ1) is 12.1. The van der Waals surface area contributed by atoms with E-state index in [0.717, 1.165) is 6.20 Å². The maximum atomic E-state index is 12.1. The van der Waals surface area contributed by atoms with Gasteiger partial charge in [-0.2, -0.15) is 5.26 Å². The summed E-state index contributed by atoms with van der Waals surface area (Å²) < 4.78 is 39.9. The number of rotatable bonds is 2. The van der Waals surface area contributed by atoms with Crippen LogP contribution in [0, 0.1) is 11.3 Å². The number of nitrogens with two attached hydrogens (primary N) is 2. The van der Waals surface area contributed by atoms with E-state index in [4.69, 9.17) is 16.7 Å². The van der Waals surface area contributed by atoms with E-state index >= 15 is 0 Å². The lowest BCUT2D eigenvalue weighted by Gasteiger charge is -2.13. The van der Waals surface area contributed by atoms with Gasteiger partial charge in [-0.1, -0.05) is 0 Å². The molecule has 0 aliphatic rings. The van der Waals surface area contributed by atoms with Gasteiger partial charge < -0.3 is 16.2 Å². The molecule has 1 heterocycles. The lowest BCUT2D eigenvalue weighted by molar-refractivity contribution is -0.275. The molecule has 0 amide bonds. The molecule has 0 saturated carbocycles. The molecule has 0 aliphatic heterocycles.